The fraction of sp³-hybridized carbons (Fsp3) is 0.750. The second-order valence-corrected chi connectivity index (χ2v) is 10.3. The van der Waals surface area contributed by atoms with Gasteiger partial charge in [-0.3, -0.25) is 0 Å². The molecule has 0 amide bonds. The average Bonchev–Trinajstić information content (AvgIpc) is 2.78. The van der Waals surface area contributed by atoms with Crippen LogP contribution >= 0.6 is 0 Å². The Morgan fingerprint density at radius 1 is 1.09 bits per heavy atom. The van der Waals surface area contributed by atoms with Crippen molar-refractivity contribution in [3.63, 3.8) is 0 Å². The largest absolute Gasteiger partial charge is 0.390 e. The molecule has 1 aromatic rings. The Bertz CT molecular complexity index is 842. The van der Waals surface area contributed by atoms with Crippen molar-refractivity contribution in [2.45, 2.75) is 99.9 Å². The molecule has 1 aromatic carbocycles. The Balaban J connectivity index is 1.52. The second kappa shape index (κ2) is 9.70. The van der Waals surface area contributed by atoms with Crippen molar-refractivity contribution in [1.82, 2.24) is 10.6 Å². The molecule has 1 saturated carbocycles. The van der Waals surface area contributed by atoms with Crippen molar-refractivity contribution in [2.24, 2.45) is 5.73 Å². The SMILES string of the molecule is CN[C@H]1[C@@H](O)[C@@H](N)[C@H](O)C2O[C@@H]3O[C@H](C)C[C@@](O)(CNCc4ccc(C(C)C)cc4)[C@]3(O)O[C@@H]21. The molecule has 0 radical (unpaired) electrons. The van der Waals surface area contributed by atoms with Gasteiger partial charge in [-0.2, -0.15) is 0 Å². The molecule has 8 N–H and O–H groups in total. The van der Waals surface area contributed by atoms with Crippen LogP contribution in [0.5, 0.6) is 0 Å². The van der Waals surface area contributed by atoms with Gasteiger partial charge in [0.05, 0.1) is 24.3 Å². The van der Waals surface area contributed by atoms with Gasteiger partial charge >= 0.3 is 0 Å². The highest BCUT2D eigenvalue weighted by atomic mass is 16.8. The summed E-state index contributed by atoms with van der Waals surface area (Å²) in [7, 11) is 1.62. The van der Waals surface area contributed by atoms with Gasteiger partial charge < -0.3 is 51.0 Å². The van der Waals surface area contributed by atoms with Crippen LogP contribution in [-0.2, 0) is 20.8 Å². The first kappa shape index (κ1) is 25.9. The van der Waals surface area contributed by atoms with E-state index in [9.17, 15) is 20.4 Å². The molecule has 34 heavy (non-hydrogen) atoms. The van der Waals surface area contributed by atoms with Gasteiger partial charge in [-0.1, -0.05) is 38.1 Å². The monoisotopic (exact) mass is 481 g/mol. The molecule has 0 spiro atoms. The maximum Gasteiger partial charge on any atom is 0.249 e. The van der Waals surface area contributed by atoms with E-state index in [2.05, 4.69) is 36.6 Å². The van der Waals surface area contributed by atoms with Crippen molar-refractivity contribution in [1.29, 1.82) is 0 Å². The fourth-order valence-electron chi connectivity index (χ4n) is 5.35. The standard InChI is InChI=1S/C24H39N3O7/c1-12(2)15-7-5-14(6-8-15)10-27-11-23(30)9-13(3)32-22-24(23,31)34-20-17(26-4)18(28)16(25)19(29)21(20)33-22/h5-8,12-13,16-22,26-31H,9-11,25H2,1-4H3/t13-,16-,17+,18+,19+,20-,21?,22+,23-,24-/m1/s1. The summed E-state index contributed by atoms with van der Waals surface area (Å²) in [6, 6.07) is 6.52. The molecular formula is C24H39N3O7. The number of hydrogen-bond acceptors (Lipinski definition) is 10. The van der Waals surface area contributed by atoms with E-state index in [0.29, 0.717) is 12.5 Å². The van der Waals surface area contributed by atoms with Crippen LogP contribution in [0.15, 0.2) is 24.3 Å². The zero-order valence-electron chi connectivity index (χ0n) is 20.2. The minimum atomic E-state index is -2.23. The molecule has 192 valence electrons. The van der Waals surface area contributed by atoms with E-state index in [-0.39, 0.29) is 13.0 Å². The first-order valence-corrected chi connectivity index (χ1v) is 12.0. The first-order valence-electron chi connectivity index (χ1n) is 12.0. The third kappa shape index (κ3) is 4.41. The Morgan fingerprint density at radius 2 is 1.76 bits per heavy atom. The maximum absolute atomic E-state index is 11.7. The molecule has 0 aromatic heterocycles. The van der Waals surface area contributed by atoms with Gasteiger partial charge in [-0.05, 0) is 31.0 Å². The van der Waals surface area contributed by atoms with Crippen molar-refractivity contribution < 1.29 is 34.6 Å². The summed E-state index contributed by atoms with van der Waals surface area (Å²) in [6.45, 7) is 6.54. The molecule has 1 unspecified atom stereocenters. The van der Waals surface area contributed by atoms with Crippen molar-refractivity contribution in [2.75, 3.05) is 13.6 Å². The van der Waals surface area contributed by atoms with Gasteiger partial charge in [0.1, 0.15) is 23.9 Å². The third-order valence-corrected chi connectivity index (χ3v) is 7.46. The molecule has 1 aliphatic carbocycles. The highest BCUT2D eigenvalue weighted by Gasteiger charge is 2.68. The predicted octanol–water partition coefficient (Wildman–Crippen LogP) is -1.11. The Morgan fingerprint density at radius 3 is 2.38 bits per heavy atom. The van der Waals surface area contributed by atoms with E-state index < -0.39 is 60.3 Å². The average molecular weight is 482 g/mol. The van der Waals surface area contributed by atoms with Gasteiger partial charge in [0.15, 0.2) is 0 Å². The molecule has 3 aliphatic rings. The molecule has 10 heteroatoms. The molecular weight excluding hydrogens is 442 g/mol. The van der Waals surface area contributed by atoms with Gasteiger partial charge in [0, 0.05) is 19.5 Å². The van der Waals surface area contributed by atoms with Crippen LogP contribution < -0.4 is 16.4 Å². The Kier molecular flexibility index (Phi) is 7.39. The number of nitrogens with one attached hydrogen (secondary N) is 2. The molecule has 10 atom stereocenters. The van der Waals surface area contributed by atoms with E-state index in [1.165, 1.54) is 5.56 Å². The zero-order chi connectivity index (χ0) is 24.8. The fourth-order valence-corrected chi connectivity index (χ4v) is 5.35. The van der Waals surface area contributed by atoms with Crippen LogP contribution in [0.1, 0.15) is 44.2 Å². The number of nitrogens with two attached hydrogens (primary N) is 1. The lowest BCUT2D eigenvalue weighted by atomic mass is 9.78. The minimum Gasteiger partial charge on any atom is -0.390 e. The lowest BCUT2D eigenvalue weighted by Crippen LogP contribution is -2.81. The van der Waals surface area contributed by atoms with Gasteiger partial charge in [0.2, 0.25) is 12.1 Å². The second-order valence-electron chi connectivity index (χ2n) is 10.3. The van der Waals surface area contributed by atoms with Crippen LogP contribution in [0, 0.1) is 0 Å². The number of rotatable bonds is 6. The summed E-state index contributed by atoms with van der Waals surface area (Å²) in [5.74, 6) is -1.79. The smallest absolute Gasteiger partial charge is 0.249 e. The van der Waals surface area contributed by atoms with E-state index >= 15 is 0 Å². The van der Waals surface area contributed by atoms with Crippen molar-refractivity contribution in [3.8, 4) is 0 Å². The summed E-state index contributed by atoms with van der Waals surface area (Å²) >= 11 is 0. The summed E-state index contributed by atoms with van der Waals surface area (Å²) < 4.78 is 17.8. The number of aliphatic hydroxyl groups is 4. The van der Waals surface area contributed by atoms with Crippen LogP contribution in [0.25, 0.3) is 0 Å². The van der Waals surface area contributed by atoms with E-state index in [1.807, 2.05) is 12.1 Å². The van der Waals surface area contributed by atoms with E-state index in [4.69, 9.17) is 19.9 Å². The normalized spacial score (nSPS) is 44.5. The zero-order valence-corrected chi connectivity index (χ0v) is 20.2. The maximum atomic E-state index is 11.7. The molecule has 2 saturated heterocycles. The topological polar surface area (TPSA) is 159 Å². The number of aliphatic hydroxyl groups excluding tert-OH is 2. The minimum absolute atomic E-state index is 0.00915. The summed E-state index contributed by atoms with van der Waals surface area (Å²) in [5.41, 5.74) is 6.51. The van der Waals surface area contributed by atoms with Crippen molar-refractivity contribution in [3.05, 3.63) is 35.4 Å². The van der Waals surface area contributed by atoms with Crippen molar-refractivity contribution >= 4 is 0 Å². The summed E-state index contributed by atoms with van der Waals surface area (Å²) in [5, 5.41) is 50.6. The number of likely N-dealkylation sites (N-methyl/N-ethyl adjacent to an activating group) is 1. The highest BCUT2D eigenvalue weighted by molar-refractivity contribution is 5.24. The van der Waals surface area contributed by atoms with Gasteiger partial charge in [-0.15, -0.1) is 0 Å². The van der Waals surface area contributed by atoms with Crippen LogP contribution in [-0.4, -0.2) is 94.3 Å². The Hall–Kier alpha value is -1.18. The van der Waals surface area contributed by atoms with Crippen LogP contribution in [0.2, 0.25) is 0 Å². The molecule has 10 nitrogen and oxygen atoms in total. The molecule has 2 heterocycles. The number of ether oxygens (including phenoxy) is 3. The summed E-state index contributed by atoms with van der Waals surface area (Å²) in [4.78, 5) is 0. The number of fused-ring (bicyclic) bond motifs is 2. The number of benzene rings is 1. The third-order valence-electron chi connectivity index (χ3n) is 7.46. The predicted molar refractivity (Wildman–Crippen MR) is 124 cm³/mol. The lowest BCUT2D eigenvalue weighted by Gasteiger charge is -2.60. The Labute approximate surface area is 200 Å². The van der Waals surface area contributed by atoms with Crippen LogP contribution in [0.3, 0.4) is 0 Å². The molecule has 0 bridgehead atoms. The van der Waals surface area contributed by atoms with Gasteiger partial charge in [-0.25, -0.2) is 0 Å². The van der Waals surface area contributed by atoms with E-state index in [1.54, 1.807) is 14.0 Å². The van der Waals surface area contributed by atoms with Crippen LogP contribution in [0.4, 0.5) is 0 Å². The lowest BCUT2D eigenvalue weighted by molar-refractivity contribution is -0.481. The molecule has 2 aliphatic heterocycles. The summed E-state index contributed by atoms with van der Waals surface area (Å²) in [6.07, 6.45) is -6.00. The van der Waals surface area contributed by atoms with Gasteiger partial charge in [0.25, 0.3) is 0 Å². The quantitative estimate of drug-likeness (QED) is 0.266. The van der Waals surface area contributed by atoms with E-state index in [0.717, 1.165) is 5.56 Å². The first-order chi connectivity index (χ1) is 16.0. The number of hydrogen-bond donors (Lipinski definition) is 7. The molecule has 3 fully saturated rings. The molecule has 4 rings (SSSR count). The highest BCUT2D eigenvalue weighted by Crippen LogP contribution is 2.46.